The summed E-state index contributed by atoms with van der Waals surface area (Å²) in [6, 6.07) is 21.2. The molecule has 2 heterocycles. The first kappa shape index (κ1) is 16.4. The molecule has 4 rings (SSSR count). The van der Waals surface area contributed by atoms with Gasteiger partial charge in [-0.15, -0.1) is 0 Å². The van der Waals surface area contributed by atoms with E-state index in [2.05, 4.69) is 11.9 Å². The molecule has 1 fully saturated rings. The Morgan fingerprint density at radius 2 is 1.62 bits per heavy atom. The molecule has 0 saturated carbocycles. The maximum absolute atomic E-state index is 13.7. The molecule has 1 N–H and O–H groups in total. The van der Waals surface area contributed by atoms with Gasteiger partial charge in [0.1, 0.15) is 0 Å². The van der Waals surface area contributed by atoms with Gasteiger partial charge in [0, 0.05) is 23.5 Å². The molecular weight excluding hydrogens is 324 g/mol. The molecule has 130 valence electrons. The standard InChI is InChI=1S/C22H20N2O2/c1-16-14-23-21(17-12-13-26-15-17)20(16)22(25)24(18-8-4-2-5-9-18)19-10-6-3-7-11-19/h2-13,15,20-21,23H,1,14H2/t20-,21+/m1/s1. The fourth-order valence-corrected chi connectivity index (χ4v) is 3.48. The average Bonchev–Trinajstić information content (AvgIpc) is 3.33. The molecule has 0 unspecified atom stereocenters. The molecule has 0 aliphatic carbocycles. The van der Waals surface area contributed by atoms with Crippen LogP contribution >= 0.6 is 0 Å². The molecule has 0 radical (unpaired) electrons. The van der Waals surface area contributed by atoms with Gasteiger partial charge >= 0.3 is 0 Å². The smallest absolute Gasteiger partial charge is 0.240 e. The molecule has 4 heteroatoms. The highest BCUT2D eigenvalue weighted by atomic mass is 16.3. The Morgan fingerprint density at radius 3 is 2.15 bits per heavy atom. The zero-order valence-electron chi connectivity index (χ0n) is 14.3. The van der Waals surface area contributed by atoms with Crippen molar-refractivity contribution in [2.75, 3.05) is 11.4 Å². The van der Waals surface area contributed by atoms with Crippen molar-refractivity contribution in [1.29, 1.82) is 0 Å². The molecule has 1 saturated heterocycles. The molecule has 2 aromatic carbocycles. The number of anilines is 2. The van der Waals surface area contributed by atoms with Crippen LogP contribution in [0.4, 0.5) is 11.4 Å². The summed E-state index contributed by atoms with van der Waals surface area (Å²) in [6.07, 6.45) is 3.32. The zero-order chi connectivity index (χ0) is 17.9. The predicted molar refractivity (Wildman–Crippen MR) is 102 cm³/mol. The third kappa shape index (κ3) is 2.95. The van der Waals surface area contributed by atoms with E-state index in [-0.39, 0.29) is 17.9 Å². The second-order valence-corrected chi connectivity index (χ2v) is 6.40. The predicted octanol–water partition coefficient (Wildman–Crippen LogP) is 4.46. The van der Waals surface area contributed by atoms with Crippen LogP contribution in [0.3, 0.4) is 0 Å². The van der Waals surface area contributed by atoms with Gasteiger partial charge in [-0.25, -0.2) is 0 Å². The van der Waals surface area contributed by atoms with Gasteiger partial charge < -0.3 is 9.73 Å². The lowest BCUT2D eigenvalue weighted by atomic mass is 9.91. The minimum Gasteiger partial charge on any atom is -0.472 e. The number of rotatable bonds is 4. The van der Waals surface area contributed by atoms with E-state index in [0.29, 0.717) is 6.54 Å². The summed E-state index contributed by atoms with van der Waals surface area (Å²) < 4.78 is 5.23. The van der Waals surface area contributed by atoms with Gasteiger partial charge in [-0.2, -0.15) is 0 Å². The lowest BCUT2D eigenvalue weighted by Crippen LogP contribution is -2.35. The molecule has 3 aromatic rings. The van der Waals surface area contributed by atoms with Crippen LogP contribution in [-0.4, -0.2) is 12.5 Å². The average molecular weight is 344 g/mol. The Labute approximate surface area is 152 Å². The van der Waals surface area contributed by atoms with Gasteiger partial charge in [0.05, 0.1) is 24.5 Å². The first-order valence-corrected chi connectivity index (χ1v) is 8.63. The summed E-state index contributed by atoms with van der Waals surface area (Å²) in [6.45, 7) is 4.76. The molecule has 4 nitrogen and oxygen atoms in total. The van der Waals surface area contributed by atoms with Crippen LogP contribution in [-0.2, 0) is 4.79 Å². The molecule has 2 atom stereocenters. The van der Waals surface area contributed by atoms with Crippen molar-refractivity contribution in [1.82, 2.24) is 5.32 Å². The maximum Gasteiger partial charge on any atom is 0.240 e. The summed E-state index contributed by atoms with van der Waals surface area (Å²) in [7, 11) is 0. The van der Waals surface area contributed by atoms with E-state index in [1.165, 1.54) is 0 Å². The van der Waals surface area contributed by atoms with Gasteiger partial charge in [-0.1, -0.05) is 43.0 Å². The lowest BCUT2D eigenvalue weighted by molar-refractivity contribution is -0.120. The van der Waals surface area contributed by atoms with E-state index in [1.807, 2.05) is 66.7 Å². The van der Waals surface area contributed by atoms with E-state index in [1.54, 1.807) is 17.4 Å². The van der Waals surface area contributed by atoms with Crippen LogP contribution in [0, 0.1) is 5.92 Å². The number of carbonyl (C=O) groups excluding carboxylic acids is 1. The summed E-state index contributed by atoms with van der Waals surface area (Å²) in [5.74, 6) is -0.350. The number of hydrogen-bond donors (Lipinski definition) is 1. The van der Waals surface area contributed by atoms with E-state index in [9.17, 15) is 4.79 Å². The van der Waals surface area contributed by atoms with Crippen LogP contribution in [0.5, 0.6) is 0 Å². The van der Waals surface area contributed by atoms with Crippen molar-refractivity contribution in [2.24, 2.45) is 5.92 Å². The highest BCUT2D eigenvalue weighted by Gasteiger charge is 2.40. The number of amides is 1. The second kappa shape index (κ2) is 7.02. The van der Waals surface area contributed by atoms with Crippen LogP contribution < -0.4 is 10.2 Å². The van der Waals surface area contributed by atoms with Crippen molar-refractivity contribution in [3.05, 3.63) is 97.0 Å². The first-order chi connectivity index (χ1) is 12.8. The fraction of sp³-hybridized carbons (Fsp3) is 0.136. The number of carbonyl (C=O) groups is 1. The topological polar surface area (TPSA) is 45.5 Å². The van der Waals surface area contributed by atoms with Crippen LogP contribution in [0.1, 0.15) is 11.6 Å². The zero-order valence-corrected chi connectivity index (χ0v) is 14.3. The third-order valence-electron chi connectivity index (χ3n) is 4.74. The highest BCUT2D eigenvalue weighted by Crippen LogP contribution is 2.37. The minimum atomic E-state index is -0.354. The fourth-order valence-electron chi connectivity index (χ4n) is 3.48. The van der Waals surface area contributed by atoms with E-state index in [4.69, 9.17) is 4.42 Å². The maximum atomic E-state index is 13.7. The van der Waals surface area contributed by atoms with Gasteiger partial charge in [0.2, 0.25) is 5.91 Å². The van der Waals surface area contributed by atoms with Crippen LogP contribution in [0.15, 0.2) is 95.8 Å². The Kier molecular flexibility index (Phi) is 4.42. The summed E-state index contributed by atoms with van der Waals surface area (Å²) >= 11 is 0. The van der Waals surface area contributed by atoms with E-state index in [0.717, 1.165) is 22.5 Å². The molecule has 1 amide bonds. The largest absolute Gasteiger partial charge is 0.472 e. The number of nitrogens with one attached hydrogen (secondary N) is 1. The van der Waals surface area contributed by atoms with E-state index < -0.39 is 0 Å². The van der Waals surface area contributed by atoms with Crippen molar-refractivity contribution in [2.45, 2.75) is 6.04 Å². The second-order valence-electron chi connectivity index (χ2n) is 6.40. The van der Waals surface area contributed by atoms with Crippen molar-refractivity contribution in [3.8, 4) is 0 Å². The number of hydrogen-bond acceptors (Lipinski definition) is 3. The molecule has 0 bridgehead atoms. The molecular formula is C22H20N2O2. The van der Waals surface area contributed by atoms with Gasteiger partial charge in [0.15, 0.2) is 0 Å². The Hall–Kier alpha value is -3.11. The molecule has 0 spiro atoms. The van der Waals surface area contributed by atoms with E-state index >= 15 is 0 Å². The van der Waals surface area contributed by atoms with Crippen LogP contribution in [0.2, 0.25) is 0 Å². The van der Waals surface area contributed by atoms with Gasteiger partial charge in [-0.3, -0.25) is 9.69 Å². The first-order valence-electron chi connectivity index (χ1n) is 8.63. The monoisotopic (exact) mass is 344 g/mol. The Bertz CT molecular complexity index is 849. The van der Waals surface area contributed by atoms with Crippen molar-refractivity contribution in [3.63, 3.8) is 0 Å². The quantitative estimate of drug-likeness (QED) is 0.711. The van der Waals surface area contributed by atoms with Crippen LogP contribution in [0.25, 0.3) is 0 Å². The number of para-hydroxylation sites is 2. The van der Waals surface area contributed by atoms with Crippen molar-refractivity contribution < 1.29 is 9.21 Å². The normalized spacial score (nSPS) is 19.5. The Balaban J connectivity index is 1.75. The number of benzene rings is 2. The molecule has 1 aliphatic rings. The highest BCUT2D eigenvalue weighted by molar-refractivity contribution is 6.03. The number of nitrogens with zero attached hydrogens (tertiary/aromatic N) is 1. The Morgan fingerprint density at radius 1 is 1.00 bits per heavy atom. The van der Waals surface area contributed by atoms with Crippen molar-refractivity contribution >= 4 is 17.3 Å². The molecule has 1 aliphatic heterocycles. The van der Waals surface area contributed by atoms with Gasteiger partial charge in [0.25, 0.3) is 0 Å². The number of furan rings is 1. The summed E-state index contributed by atoms with van der Waals surface area (Å²) in [4.78, 5) is 15.4. The summed E-state index contributed by atoms with van der Waals surface area (Å²) in [5, 5.41) is 3.39. The van der Waals surface area contributed by atoms with Gasteiger partial charge in [-0.05, 0) is 35.9 Å². The molecule has 26 heavy (non-hydrogen) atoms. The minimum absolute atomic E-state index is 0.00333. The summed E-state index contributed by atoms with van der Waals surface area (Å²) in [5.41, 5.74) is 3.53. The lowest BCUT2D eigenvalue weighted by Gasteiger charge is -2.28. The SMILES string of the molecule is C=C1CN[C@@H](c2ccoc2)[C@@H]1C(=O)N(c1ccccc1)c1ccccc1. The molecule has 1 aromatic heterocycles. The third-order valence-corrected chi connectivity index (χ3v) is 4.74.